The minimum absolute atomic E-state index is 0.00964. The Hall–Kier alpha value is -1.09. The van der Waals surface area contributed by atoms with Crippen molar-refractivity contribution < 1.29 is 9.84 Å². The van der Waals surface area contributed by atoms with Crippen molar-refractivity contribution in [1.29, 1.82) is 0 Å². The maximum absolute atomic E-state index is 9.34. The van der Waals surface area contributed by atoms with E-state index >= 15 is 0 Å². The molecule has 0 saturated carbocycles. The zero-order valence-corrected chi connectivity index (χ0v) is 11.8. The molecule has 3 heteroatoms. The van der Waals surface area contributed by atoms with E-state index in [1.54, 1.807) is 0 Å². The maximum Gasteiger partial charge on any atom is 0.219 e. The summed E-state index contributed by atoms with van der Waals surface area (Å²) in [7, 11) is 0. The number of aryl methyl sites for hydroxylation is 2. The van der Waals surface area contributed by atoms with Crippen molar-refractivity contribution in [2.45, 2.75) is 59.5 Å². The van der Waals surface area contributed by atoms with Crippen LogP contribution in [-0.4, -0.2) is 16.7 Å². The zero-order valence-electron chi connectivity index (χ0n) is 11.8. The normalized spacial score (nSPS) is 10.7. The molecule has 0 aromatic carbocycles. The summed E-state index contributed by atoms with van der Waals surface area (Å²) in [6, 6.07) is 1.97. The Morgan fingerprint density at radius 1 is 1.17 bits per heavy atom. The van der Waals surface area contributed by atoms with E-state index in [1.807, 2.05) is 19.9 Å². The molecule has 1 N–H and O–H groups in total. The third-order valence-corrected chi connectivity index (χ3v) is 3.08. The van der Waals surface area contributed by atoms with Crippen molar-refractivity contribution in [3.05, 3.63) is 22.9 Å². The Bertz CT molecular complexity index is 364. The molecule has 0 bridgehead atoms. The van der Waals surface area contributed by atoms with Crippen LogP contribution in [0.2, 0.25) is 0 Å². The van der Waals surface area contributed by atoms with E-state index in [0.717, 1.165) is 23.2 Å². The number of hydrogen-bond acceptors (Lipinski definition) is 3. The van der Waals surface area contributed by atoms with E-state index in [2.05, 4.69) is 11.9 Å². The number of aliphatic hydroxyl groups excluding tert-OH is 1. The molecule has 0 atom stereocenters. The Kier molecular flexibility index (Phi) is 6.73. The third-order valence-electron chi connectivity index (χ3n) is 3.08. The van der Waals surface area contributed by atoms with Gasteiger partial charge in [0.25, 0.3) is 0 Å². The van der Waals surface area contributed by atoms with Crippen LogP contribution in [0.1, 0.15) is 55.8 Å². The highest BCUT2D eigenvalue weighted by molar-refractivity contribution is 5.35. The molecule has 102 valence electrons. The van der Waals surface area contributed by atoms with Gasteiger partial charge in [-0.05, 0) is 31.9 Å². The minimum Gasteiger partial charge on any atom is -0.477 e. The Morgan fingerprint density at radius 2 is 1.89 bits per heavy atom. The largest absolute Gasteiger partial charge is 0.477 e. The van der Waals surface area contributed by atoms with Crippen LogP contribution in [0.4, 0.5) is 0 Å². The van der Waals surface area contributed by atoms with E-state index in [9.17, 15) is 5.11 Å². The zero-order chi connectivity index (χ0) is 13.4. The van der Waals surface area contributed by atoms with Gasteiger partial charge in [-0.3, -0.25) is 0 Å². The first kappa shape index (κ1) is 15.0. The summed E-state index contributed by atoms with van der Waals surface area (Å²) in [5, 5.41) is 9.34. The molecule has 0 unspecified atom stereocenters. The second kappa shape index (κ2) is 8.09. The van der Waals surface area contributed by atoms with Gasteiger partial charge in [-0.15, -0.1) is 0 Å². The highest BCUT2D eigenvalue weighted by Crippen LogP contribution is 2.21. The first-order valence-corrected chi connectivity index (χ1v) is 6.89. The van der Waals surface area contributed by atoms with Crippen LogP contribution < -0.4 is 4.74 Å². The van der Waals surface area contributed by atoms with Crippen molar-refractivity contribution in [1.82, 2.24) is 4.98 Å². The topological polar surface area (TPSA) is 42.4 Å². The van der Waals surface area contributed by atoms with Gasteiger partial charge in [0.15, 0.2) is 0 Å². The van der Waals surface area contributed by atoms with Gasteiger partial charge in [0.05, 0.1) is 13.2 Å². The Morgan fingerprint density at radius 3 is 2.56 bits per heavy atom. The molecule has 18 heavy (non-hydrogen) atoms. The van der Waals surface area contributed by atoms with Gasteiger partial charge >= 0.3 is 0 Å². The fourth-order valence-corrected chi connectivity index (χ4v) is 2.02. The summed E-state index contributed by atoms with van der Waals surface area (Å²) in [5.74, 6) is 0.602. The molecule has 0 aliphatic heterocycles. The minimum atomic E-state index is -0.00964. The molecule has 0 saturated heterocycles. The SMILES string of the molecule is CCCCCCCOc1nc(C)cc(C)c1CO. The molecule has 0 fully saturated rings. The monoisotopic (exact) mass is 251 g/mol. The van der Waals surface area contributed by atoms with Gasteiger partial charge in [0.1, 0.15) is 0 Å². The number of aromatic nitrogens is 1. The van der Waals surface area contributed by atoms with Crippen molar-refractivity contribution >= 4 is 0 Å². The van der Waals surface area contributed by atoms with Gasteiger partial charge in [0.2, 0.25) is 5.88 Å². The number of aliphatic hydroxyl groups is 1. The average Bonchev–Trinajstić information content (AvgIpc) is 2.33. The molecular weight excluding hydrogens is 226 g/mol. The smallest absolute Gasteiger partial charge is 0.219 e. The first-order valence-electron chi connectivity index (χ1n) is 6.89. The number of pyridine rings is 1. The Labute approximate surface area is 110 Å². The van der Waals surface area contributed by atoms with Crippen LogP contribution in [0.15, 0.2) is 6.07 Å². The molecule has 1 heterocycles. The molecule has 0 aliphatic carbocycles. The lowest BCUT2D eigenvalue weighted by Crippen LogP contribution is -2.05. The van der Waals surface area contributed by atoms with Crippen molar-refractivity contribution in [3.8, 4) is 5.88 Å². The van der Waals surface area contributed by atoms with Crippen LogP contribution in [0.5, 0.6) is 5.88 Å². The summed E-state index contributed by atoms with van der Waals surface area (Å²) >= 11 is 0. The highest BCUT2D eigenvalue weighted by Gasteiger charge is 2.08. The van der Waals surface area contributed by atoms with E-state index in [-0.39, 0.29) is 6.61 Å². The van der Waals surface area contributed by atoms with Gasteiger partial charge < -0.3 is 9.84 Å². The average molecular weight is 251 g/mol. The number of ether oxygens (including phenoxy) is 1. The lowest BCUT2D eigenvalue weighted by Gasteiger charge is -2.12. The standard InChI is InChI=1S/C15H25NO2/c1-4-5-6-7-8-9-18-15-14(11-17)12(2)10-13(3)16-15/h10,17H,4-9,11H2,1-3H3. The van der Waals surface area contributed by atoms with Gasteiger partial charge in [-0.25, -0.2) is 4.98 Å². The second-order valence-electron chi connectivity index (χ2n) is 4.79. The van der Waals surface area contributed by atoms with Gasteiger partial charge in [-0.1, -0.05) is 32.6 Å². The molecule has 0 spiro atoms. The predicted octanol–water partition coefficient (Wildman–Crippen LogP) is 3.54. The molecule has 1 aromatic rings. The number of hydrogen-bond donors (Lipinski definition) is 1. The Balaban J connectivity index is 2.46. The lowest BCUT2D eigenvalue weighted by molar-refractivity contribution is 0.253. The predicted molar refractivity (Wildman–Crippen MR) is 73.9 cm³/mol. The molecule has 0 aliphatic rings. The van der Waals surface area contributed by atoms with Crippen LogP contribution in [0, 0.1) is 13.8 Å². The van der Waals surface area contributed by atoms with Gasteiger partial charge in [-0.2, -0.15) is 0 Å². The fourth-order valence-electron chi connectivity index (χ4n) is 2.02. The van der Waals surface area contributed by atoms with Crippen LogP contribution in [-0.2, 0) is 6.61 Å². The van der Waals surface area contributed by atoms with Crippen molar-refractivity contribution in [3.63, 3.8) is 0 Å². The summed E-state index contributed by atoms with van der Waals surface area (Å²) < 4.78 is 5.70. The summed E-state index contributed by atoms with van der Waals surface area (Å²) in [6.45, 7) is 6.82. The number of rotatable bonds is 8. The van der Waals surface area contributed by atoms with Gasteiger partial charge in [0, 0.05) is 11.3 Å². The molecular formula is C15H25NO2. The highest BCUT2D eigenvalue weighted by atomic mass is 16.5. The number of unbranched alkanes of at least 4 members (excludes halogenated alkanes) is 4. The van der Waals surface area contributed by atoms with E-state index < -0.39 is 0 Å². The third kappa shape index (κ3) is 4.65. The fraction of sp³-hybridized carbons (Fsp3) is 0.667. The number of nitrogens with zero attached hydrogens (tertiary/aromatic N) is 1. The second-order valence-corrected chi connectivity index (χ2v) is 4.79. The van der Waals surface area contributed by atoms with E-state index in [0.29, 0.717) is 12.5 Å². The van der Waals surface area contributed by atoms with Crippen molar-refractivity contribution in [2.24, 2.45) is 0 Å². The quantitative estimate of drug-likeness (QED) is 0.719. The lowest BCUT2D eigenvalue weighted by atomic mass is 10.1. The maximum atomic E-state index is 9.34. The summed E-state index contributed by atoms with van der Waals surface area (Å²) in [5.41, 5.74) is 2.80. The van der Waals surface area contributed by atoms with E-state index in [1.165, 1.54) is 25.7 Å². The molecule has 1 rings (SSSR count). The summed E-state index contributed by atoms with van der Waals surface area (Å²) in [6.07, 6.45) is 6.08. The van der Waals surface area contributed by atoms with Crippen LogP contribution in [0.3, 0.4) is 0 Å². The molecule has 0 amide bonds. The summed E-state index contributed by atoms with van der Waals surface area (Å²) in [4.78, 5) is 4.36. The van der Waals surface area contributed by atoms with Crippen molar-refractivity contribution in [2.75, 3.05) is 6.61 Å². The molecule has 0 radical (unpaired) electrons. The van der Waals surface area contributed by atoms with Crippen LogP contribution >= 0.6 is 0 Å². The molecule has 1 aromatic heterocycles. The van der Waals surface area contributed by atoms with E-state index in [4.69, 9.17) is 4.74 Å². The molecule has 3 nitrogen and oxygen atoms in total. The van der Waals surface area contributed by atoms with Crippen LogP contribution in [0.25, 0.3) is 0 Å². The first-order chi connectivity index (χ1) is 8.69.